The molecule has 4 aromatic rings. The first kappa shape index (κ1) is 17.7. The lowest BCUT2D eigenvalue weighted by atomic mass is 9.97. The number of fused-ring (bicyclic) bond motifs is 2. The molecular formula is C22H21ClN4. The summed E-state index contributed by atoms with van der Waals surface area (Å²) in [5.74, 6) is 0. The Balaban J connectivity index is 0.00000112. The molecule has 136 valence electrons. The Hall–Kier alpha value is -2.69. The maximum Gasteiger partial charge on any atom is 1.00 e. The Morgan fingerprint density at radius 3 is 2.59 bits per heavy atom. The summed E-state index contributed by atoms with van der Waals surface area (Å²) in [4.78, 5) is 4.18. The van der Waals surface area contributed by atoms with Crippen LogP contribution in [0.3, 0.4) is 0 Å². The van der Waals surface area contributed by atoms with Gasteiger partial charge in [0.15, 0.2) is 0 Å². The number of nitrogens with one attached hydrogen (secondary N) is 1. The van der Waals surface area contributed by atoms with Gasteiger partial charge in [0, 0.05) is 36.1 Å². The maximum absolute atomic E-state index is 5.01. The fourth-order valence-electron chi connectivity index (χ4n) is 3.78. The summed E-state index contributed by atoms with van der Waals surface area (Å²) in [7, 11) is 0. The average Bonchev–Trinajstić information content (AvgIpc) is 3.06. The number of hydrogen-bond donors (Lipinski definition) is 1. The number of halogens is 1. The molecule has 1 aliphatic rings. The third-order valence-electron chi connectivity index (χ3n) is 5.11. The highest BCUT2D eigenvalue weighted by Crippen LogP contribution is 2.36. The van der Waals surface area contributed by atoms with Gasteiger partial charge in [0.05, 0.1) is 12.2 Å². The zero-order valence-corrected chi connectivity index (χ0v) is 15.8. The summed E-state index contributed by atoms with van der Waals surface area (Å²) in [5, 5.41) is 11.1. The van der Waals surface area contributed by atoms with Crippen molar-refractivity contribution in [3.8, 4) is 22.4 Å². The van der Waals surface area contributed by atoms with Crippen LogP contribution in [0.5, 0.6) is 0 Å². The van der Waals surface area contributed by atoms with Crippen molar-refractivity contribution in [1.29, 1.82) is 0 Å². The van der Waals surface area contributed by atoms with Crippen molar-refractivity contribution in [2.75, 3.05) is 0 Å². The normalized spacial score (nSPS) is 16.0. The number of hydrogen-bond acceptors (Lipinski definition) is 3. The van der Waals surface area contributed by atoms with E-state index in [9.17, 15) is 0 Å². The maximum atomic E-state index is 5.01. The largest absolute Gasteiger partial charge is 1.00 e. The fraction of sp³-hybridized carbons (Fsp3) is 0.182. The smallest absolute Gasteiger partial charge is 1.00 e. The first-order chi connectivity index (χ1) is 12.8. The lowest BCUT2D eigenvalue weighted by Crippen LogP contribution is -3.00. The minimum Gasteiger partial charge on any atom is -1.00 e. The Labute approximate surface area is 166 Å². The minimum absolute atomic E-state index is 0. The molecule has 0 saturated carbocycles. The topological polar surface area (TPSA) is 42.7 Å². The van der Waals surface area contributed by atoms with Crippen LogP contribution in [0.25, 0.3) is 33.2 Å². The van der Waals surface area contributed by atoms with Gasteiger partial charge in [0.2, 0.25) is 0 Å². The Kier molecular flexibility index (Phi) is 4.68. The van der Waals surface area contributed by atoms with Crippen LogP contribution in [-0.4, -0.2) is 20.8 Å². The molecule has 0 saturated heterocycles. The minimum atomic E-state index is 0. The molecule has 27 heavy (non-hydrogen) atoms. The van der Waals surface area contributed by atoms with Gasteiger partial charge in [0.25, 0.3) is 0 Å². The van der Waals surface area contributed by atoms with Gasteiger partial charge >= 0.3 is 1.43 Å². The molecule has 0 spiro atoms. The average molecular weight is 377 g/mol. The van der Waals surface area contributed by atoms with Crippen molar-refractivity contribution in [1.82, 2.24) is 20.1 Å². The summed E-state index contributed by atoms with van der Waals surface area (Å²) in [5.41, 5.74) is 5.83. The van der Waals surface area contributed by atoms with Crippen molar-refractivity contribution in [2.45, 2.75) is 26.1 Å². The molecule has 1 atom stereocenters. The van der Waals surface area contributed by atoms with Crippen molar-refractivity contribution in [2.24, 2.45) is 0 Å². The number of rotatable bonds is 2. The van der Waals surface area contributed by atoms with Crippen molar-refractivity contribution < 1.29 is 13.8 Å². The van der Waals surface area contributed by atoms with Gasteiger partial charge in [-0.15, -0.1) is 0 Å². The molecule has 1 N–H and O–H groups in total. The summed E-state index contributed by atoms with van der Waals surface area (Å²) >= 11 is 0. The van der Waals surface area contributed by atoms with E-state index in [-0.39, 0.29) is 13.8 Å². The summed E-state index contributed by atoms with van der Waals surface area (Å²) in [6.45, 7) is 3.92. The van der Waals surface area contributed by atoms with Crippen LogP contribution in [0.2, 0.25) is 0 Å². The van der Waals surface area contributed by atoms with Gasteiger partial charge in [-0.3, -0.25) is 9.67 Å². The molecule has 1 aliphatic heterocycles. The van der Waals surface area contributed by atoms with E-state index >= 15 is 0 Å². The molecule has 5 heteroatoms. The van der Waals surface area contributed by atoms with E-state index in [0.29, 0.717) is 6.04 Å². The Bertz CT molecular complexity index is 1090. The van der Waals surface area contributed by atoms with Gasteiger partial charge in [-0.2, -0.15) is 5.10 Å². The van der Waals surface area contributed by atoms with Gasteiger partial charge < -0.3 is 17.7 Å². The second-order valence-electron chi connectivity index (χ2n) is 6.93. The van der Waals surface area contributed by atoms with Gasteiger partial charge in [0.1, 0.15) is 5.69 Å². The highest BCUT2D eigenvalue weighted by molar-refractivity contribution is 5.90. The fourth-order valence-corrected chi connectivity index (χ4v) is 3.78. The van der Waals surface area contributed by atoms with Crippen LogP contribution in [0, 0.1) is 0 Å². The van der Waals surface area contributed by atoms with Crippen LogP contribution < -0.4 is 17.7 Å². The highest BCUT2D eigenvalue weighted by atomic mass is 35.5. The predicted molar refractivity (Wildman–Crippen MR) is 106 cm³/mol. The van der Waals surface area contributed by atoms with Crippen molar-refractivity contribution in [3.05, 3.63) is 72.7 Å². The third kappa shape index (κ3) is 3.11. The molecule has 0 aliphatic carbocycles. The SMILES string of the molecule is CC1Cn2nc(-c3ccc4ccccc4c3)c(-c3ccncc3)c2CN1.[Cl-].[H+]. The summed E-state index contributed by atoms with van der Waals surface area (Å²) < 4.78 is 2.17. The second kappa shape index (κ2) is 7.14. The van der Waals surface area contributed by atoms with E-state index in [1.165, 1.54) is 27.6 Å². The molecule has 0 fully saturated rings. The first-order valence-corrected chi connectivity index (χ1v) is 9.02. The Morgan fingerprint density at radius 1 is 1.00 bits per heavy atom. The number of aromatic nitrogens is 3. The van der Waals surface area contributed by atoms with Crippen molar-refractivity contribution >= 4 is 10.8 Å². The van der Waals surface area contributed by atoms with E-state index in [1.54, 1.807) is 0 Å². The van der Waals surface area contributed by atoms with Crippen LogP contribution in [0.15, 0.2) is 67.0 Å². The predicted octanol–water partition coefficient (Wildman–Crippen LogP) is 1.37. The molecule has 1 unspecified atom stereocenters. The van der Waals surface area contributed by atoms with Crippen LogP contribution >= 0.6 is 0 Å². The van der Waals surface area contributed by atoms with E-state index < -0.39 is 0 Å². The molecule has 3 heterocycles. The van der Waals surface area contributed by atoms with Crippen LogP contribution in [0.4, 0.5) is 0 Å². The molecular weight excluding hydrogens is 356 g/mol. The molecule has 2 aromatic heterocycles. The van der Waals surface area contributed by atoms with E-state index in [0.717, 1.165) is 24.3 Å². The van der Waals surface area contributed by atoms with Gasteiger partial charge in [-0.05, 0) is 41.5 Å². The molecule has 0 amide bonds. The number of pyridine rings is 1. The lowest BCUT2D eigenvalue weighted by Gasteiger charge is -2.22. The molecule has 0 bridgehead atoms. The molecule has 2 aromatic carbocycles. The first-order valence-electron chi connectivity index (χ1n) is 9.02. The number of benzene rings is 2. The molecule has 5 rings (SSSR count). The summed E-state index contributed by atoms with van der Waals surface area (Å²) in [6, 6.07) is 19.6. The molecule has 0 radical (unpaired) electrons. The zero-order chi connectivity index (χ0) is 17.5. The second-order valence-corrected chi connectivity index (χ2v) is 6.93. The third-order valence-corrected chi connectivity index (χ3v) is 5.11. The molecule has 4 nitrogen and oxygen atoms in total. The van der Waals surface area contributed by atoms with E-state index in [2.05, 4.69) is 76.5 Å². The quantitative estimate of drug-likeness (QED) is 0.574. The number of nitrogens with zero attached hydrogens (tertiary/aromatic N) is 3. The van der Waals surface area contributed by atoms with E-state index in [4.69, 9.17) is 5.10 Å². The highest BCUT2D eigenvalue weighted by Gasteiger charge is 2.24. The van der Waals surface area contributed by atoms with Gasteiger partial charge in [-0.25, -0.2) is 0 Å². The summed E-state index contributed by atoms with van der Waals surface area (Å²) in [6.07, 6.45) is 3.70. The van der Waals surface area contributed by atoms with E-state index in [1.807, 2.05) is 12.4 Å². The van der Waals surface area contributed by atoms with Crippen LogP contribution in [-0.2, 0) is 13.1 Å². The standard InChI is InChI=1S/C22H20N4.ClH/c1-15-14-26-20(13-24-15)21(17-8-10-23-11-9-17)22(25-26)19-7-6-16-4-2-3-5-18(16)12-19;/h2-12,15,24H,13-14H2,1H3;1H. The zero-order valence-electron chi connectivity index (χ0n) is 16.1. The van der Waals surface area contributed by atoms with Gasteiger partial charge in [-0.1, -0.05) is 36.4 Å². The van der Waals surface area contributed by atoms with Crippen LogP contribution in [0.1, 0.15) is 14.0 Å². The lowest BCUT2D eigenvalue weighted by molar-refractivity contribution is -0.00000535. The van der Waals surface area contributed by atoms with Crippen molar-refractivity contribution in [3.63, 3.8) is 0 Å². The Morgan fingerprint density at radius 2 is 1.78 bits per heavy atom. The monoisotopic (exact) mass is 376 g/mol.